The first kappa shape index (κ1) is 10.4. The number of benzene rings is 1. The molecule has 3 N–H and O–H groups in total. The fourth-order valence-electron chi connectivity index (χ4n) is 3.08. The number of rotatable bonds is 1. The van der Waals surface area contributed by atoms with Crippen LogP contribution in [0, 0.1) is 0 Å². The van der Waals surface area contributed by atoms with E-state index in [2.05, 4.69) is 11.4 Å². The number of anilines is 1. The fourth-order valence-corrected chi connectivity index (χ4v) is 3.32. The van der Waals surface area contributed by atoms with Crippen molar-refractivity contribution in [3.8, 4) is 0 Å². The molecule has 86 valence electrons. The van der Waals surface area contributed by atoms with Gasteiger partial charge in [-0.1, -0.05) is 11.6 Å². The van der Waals surface area contributed by atoms with Crippen LogP contribution in [-0.4, -0.2) is 6.54 Å². The topological polar surface area (TPSA) is 38.0 Å². The van der Waals surface area contributed by atoms with E-state index in [9.17, 15) is 0 Å². The van der Waals surface area contributed by atoms with Crippen molar-refractivity contribution >= 4 is 17.3 Å². The van der Waals surface area contributed by atoms with Crippen molar-refractivity contribution in [1.82, 2.24) is 5.32 Å². The monoisotopic (exact) mass is 236 g/mol. The van der Waals surface area contributed by atoms with Crippen molar-refractivity contribution in [3.05, 3.63) is 27.8 Å². The summed E-state index contributed by atoms with van der Waals surface area (Å²) in [7, 11) is 0. The number of fused-ring (bicyclic) bond motifs is 1. The second-order valence-electron chi connectivity index (χ2n) is 4.83. The molecule has 2 aliphatic rings. The summed E-state index contributed by atoms with van der Waals surface area (Å²) in [4.78, 5) is 0. The van der Waals surface area contributed by atoms with Crippen molar-refractivity contribution in [2.75, 3.05) is 12.3 Å². The molecule has 0 amide bonds. The van der Waals surface area contributed by atoms with Crippen molar-refractivity contribution in [2.45, 2.75) is 38.1 Å². The Labute approximate surface area is 101 Å². The molecule has 3 heteroatoms. The molecular weight excluding hydrogens is 220 g/mol. The summed E-state index contributed by atoms with van der Waals surface area (Å²) >= 11 is 6.22. The molecule has 1 atom stereocenters. The number of nitrogen functional groups attached to an aromatic ring is 1. The molecule has 0 spiro atoms. The van der Waals surface area contributed by atoms with Crippen molar-refractivity contribution in [1.29, 1.82) is 0 Å². The first-order valence-electron chi connectivity index (χ1n) is 6.10. The van der Waals surface area contributed by atoms with Gasteiger partial charge in [0.15, 0.2) is 0 Å². The molecule has 1 saturated heterocycles. The van der Waals surface area contributed by atoms with Crippen LogP contribution in [0.3, 0.4) is 0 Å². The van der Waals surface area contributed by atoms with Gasteiger partial charge in [0.1, 0.15) is 0 Å². The second kappa shape index (κ2) is 3.94. The lowest BCUT2D eigenvalue weighted by atomic mass is 9.94. The van der Waals surface area contributed by atoms with Gasteiger partial charge in [-0.2, -0.15) is 0 Å². The molecule has 1 aromatic rings. The smallest absolute Gasteiger partial charge is 0.0641 e. The maximum atomic E-state index is 6.22. The molecule has 0 aromatic heterocycles. The zero-order chi connectivity index (χ0) is 11.1. The van der Waals surface area contributed by atoms with Gasteiger partial charge >= 0.3 is 0 Å². The zero-order valence-corrected chi connectivity index (χ0v) is 10.1. The average Bonchev–Trinajstić information content (AvgIpc) is 2.89. The normalized spacial score (nSPS) is 23.7. The van der Waals surface area contributed by atoms with E-state index in [0.29, 0.717) is 6.04 Å². The lowest BCUT2D eigenvalue weighted by molar-refractivity contribution is 0.643. The minimum atomic E-state index is 0.436. The largest absolute Gasteiger partial charge is 0.397 e. The second-order valence-corrected chi connectivity index (χ2v) is 5.23. The molecule has 1 aliphatic heterocycles. The molecule has 1 fully saturated rings. The zero-order valence-electron chi connectivity index (χ0n) is 9.35. The Balaban J connectivity index is 2.14. The van der Waals surface area contributed by atoms with Gasteiger partial charge in [0.2, 0.25) is 0 Å². The summed E-state index contributed by atoms with van der Waals surface area (Å²) in [6.07, 6.45) is 6.01. The predicted molar refractivity (Wildman–Crippen MR) is 67.9 cm³/mol. The predicted octanol–water partition coefficient (Wildman–Crippen LogP) is 2.84. The third-order valence-electron chi connectivity index (χ3n) is 3.84. The number of nitrogens with one attached hydrogen (secondary N) is 1. The maximum Gasteiger partial charge on any atom is 0.0641 e. The Hall–Kier alpha value is -0.730. The Morgan fingerprint density at radius 1 is 1.31 bits per heavy atom. The van der Waals surface area contributed by atoms with E-state index in [-0.39, 0.29) is 0 Å². The van der Waals surface area contributed by atoms with Crippen molar-refractivity contribution in [2.24, 2.45) is 0 Å². The van der Waals surface area contributed by atoms with E-state index < -0.39 is 0 Å². The minimum absolute atomic E-state index is 0.436. The lowest BCUT2D eigenvalue weighted by Crippen LogP contribution is -2.17. The minimum Gasteiger partial charge on any atom is -0.397 e. The first-order valence-corrected chi connectivity index (χ1v) is 6.48. The average molecular weight is 237 g/mol. The maximum absolute atomic E-state index is 6.22. The van der Waals surface area contributed by atoms with Crippen molar-refractivity contribution in [3.63, 3.8) is 0 Å². The Bertz CT molecular complexity index is 422. The van der Waals surface area contributed by atoms with Gasteiger partial charge in [-0.05, 0) is 61.4 Å². The third-order valence-corrected chi connectivity index (χ3v) is 4.16. The molecule has 0 bridgehead atoms. The summed E-state index contributed by atoms with van der Waals surface area (Å²) < 4.78 is 0. The molecule has 0 saturated carbocycles. The van der Waals surface area contributed by atoms with E-state index >= 15 is 0 Å². The van der Waals surface area contributed by atoms with Crippen LogP contribution in [0.15, 0.2) is 6.07 Å². The van der Waals surface area contributed by atoms with Crippen LogP contribution in [0.5, 0.6) is 0 Å². The van der Waals surface area contributed by atoms with Crippen LogP contribution in [0.4, 0.5) is 5.69 Å². The van der Waals surface area contributed by atoms with Gasteiger partial charge in [-0.3, -0.25) is 0 Å². The molecular formula is C13H17ClN2. The van der Waals surface area contributed by atoms with Crippen LogP contribution >= 0.6 is 11.6 Å². The molecule has 3 rings (SSSR count). The molecule has 0 radical (unpaired) electrons. The SMILES string of the molecule is Nc1c(Cl)cc2c(c1[C@H]1CCCN1)CCC2. The summed E-state index contributed by atoms with van der Waals surface area (Å²) in [6, 6.07) is 2.50. The summed E-state index contributed by atoms with van der Waals surface area (Å²) in [5.74, 6) is 0. The number of nitrogens with two attached hydrogens (primary N) is 1. The fraction of sp³-hybridized carbons (Fsp3) is 0.538. The Kier molecular flexibility index (Phi) is 2.56. The Morgan fingerprint density at radius 3 is 2.94 bits per heavy atom. The van der Waals surface area contributed by atoms with Crippen LogP contribution < -0.4 is 11.1 Å². The van der Waals surface area contributed by atoms with Gasteiger partial charge in [0.05, 0.1) is 10.7 Å². The van der Waals surface area contributed by atoms with E-state index in [0.717, 1.165) is 23.7 Å². The molecule has 1 aliphatic carbocycles. The Morgan fingerprint density at radius 2 is 2.19 bits per heavy atom. The van der Waals surface area contributed by atoms with Crippen LogP contribution in [0.2, 0.25) is 5.02 Å². The molecule has 1 aromatic carbocycles. The quantitative estimate of drug-likeness (QED) is 0.736. The highest BCUT2D eigenvalue weighted by atomic mass is 35.5. The third kappa shape index (κ3) is 1.52. The van der Waals surface area contributed by atoms with Gasteiger partial charge in [-0.25, -0.2) is 0 Å². The van der Waals surface area contributed by atoms with Gasteiger partial charge in [0, 0.05) is 6.04 Å². The van der Waals surface area contributed by atoms with Gasteiger partial charge in [0.25, 0.3) is 0 Å². The number of hydrogen-bond donors (Lipinski definition) is 2. The molecule has 1 heterocycles. The highest BCUT2D eigenvalue weighted by molar-refractivity contribution is 6.33. The highest BCUT2D eigenvalue weighted by Gasteiger charge is 2.26. The van der Waals surface area contributed by atoms with Gasteiger partial charge < -0.3 is 11.1 Å². The van der Waals surface area contributed by atoms with E-state index in [1.54, 1.807) is 0 Å². The number of hydrogen-bond acceptors (Lipinski definition) is 2. The molecule has 2 nitrogen and oxygen atoms in total. The summed E-state index contributed by atoms with van der Waals surface area (Å²) in [5, 5.41) is 4.27. The lowest BCUT2D eigenvalue weighted by Gasteiger charge is -2.19. The summed E-state index contributed by atoms with van der Waals surface area (Å²) in [5.41, 5.74) is 11.2. The van der Waals surface area contributed by atoms with Crippen LogP contribution in [0.25, 0.3) is 0 Å². The van der Waals surface area contributed by atoms with Crippen molar-refractivity contribution < 1.29 is 0 Å². The van der Waals surface area contributed by atoms with E-state index in [1.165, 1.54) is 42.4 Å². The number of aryl methyl sites for hydroxylation is 1. The van der Waals surface area contributed by atoms with E-state index in [4.69, 9.17) is 17.3 Å². The standard InChI is InChI=1S/C13H17ClN2/c14-10-7-8-3-1-4-9(8)12(13(10)15)11-5-2-6-16-11/h7,11,16H,1-6,15H2/t11-/m1/s1. The summed E-state index contributed by atoms with van der Waals surface area (Å²) in [6.45, 7) is 1.10. The van der Waals surface area contributed by atoms with E-state index in [1.807, 2.05) is 0 Å². The molecule has 16 heavy (non-hydrogen) atoms. The first-order chi connectivity index (χ1) is 7.77. The van der Waals surface area contributed by atoms with Gasteiger partial charge in [-0.15, -0.1) is 0 Å². The number of halogens is 1. The highest BCUT2D eigenvalue weighted by Crippen LogP contribution is 2.40. The van der Waals surface area contributed by atoms with Crippen LogP contribution in [-0.2, 0) is 12.8 Å². The molecule has 0 unspecified atom stereocenters. The van der Waals surface area contributed by atoms with Crippen LogP contribution in [0.1, 0.15) is 42.0 Å².